The SMILES string of the molecule is CN(Cc1ccon1)C(=O)C1CCCN1. The van der Waals surface area contributed by atoms with E-state index in [9.17, 15) is 4.79 Å². The minimum Gasteiger partial charge on any atom is -0.364 e. The highest BCUT2D eigenvalue weighted by atomic mass is 16.5. The third-order valence-electron chi connectivity index (χ3n) is 2.63. The van der Waals surface area contributed by atoms with Crippen molar-refractivity contribution in [3.05, 3.63) is 18.0 Å². The fourth-order valence-corrected chi connectivity index (χ4v) is 1.80. The van der Waals surface area contributed by atoms with Gasteiger partial charge in [0.15, 0.2) is 0 Å². The fraction of sp³-hybridized carbons (Fsp3) is 0.600. The zero-order valence-electron chi connectivity index (χ0n) is 8.77. The van der Waals surface area contributed by atoms with Crippen molar-refractivity contribution in [2.75, 3.05) is 13.6 Å². The molecule has 0 aromatic carbocycles. The molecule has 0 bridgehead atoms. The van der Waals surface area contributed by atoms with E-state index in [2.05, 4.69) is 10.5 Å². The second-order valence-electron chi connectivity index (χ2n) is 3.83. The number of carbonyl (C=O) groups is 1. The molecule has 15 heavy (non-hydrogen) atoms. The monoisotopic (exact) mass is 209 g/mol. The first-order valence-corrected chi connectivity index (χ1v) is 5.15. The average Bonchev–Trinajstić information content (AvgIpc) is 2.88. The van der Waals surface area contributed by atoms with Crippen molar-refractivity contribution in [2.45, 2.75) is 25.4 Å². The van der Waals surface area contributed by atoms with E-state index in [0.717, 1.165) is 25.1 Å². The summed E-state index contributed by atoms with van der Waals surface area (Å²) >= 11 is 0. The van der Waals surface area contributed by atoms with Crippen LogP contribution in [0.4, 0.5) is 0 Å². The number of amides is 1. The lowest BCUT2D eigenvalue weighted by Crippen LogP contribution is -2.41. The first-order chi connectivity index (χ1) is 7.27. The summed E-state index contributed by atoms with van der Waals surface area (Å²) in [6.07, 6.45) is 3.53. The van der Waals surface area contributed by atoms with Gasteiger partial charge in [-0.1, -0.05) is 5.16 Å². The molecule has 5 nitrogen and oxygen atoms in total. The highest BCUT2D eigenvalue weighted by molar-refractivity contribution is 5.81. The van der Waals surface area contributed by atoms with E-state index in [4.69, 9.17) is 4.52 Å². The summed E-state index contributed by atoms with van der Waals surface area (Å²) in [6, 6.07) is 1.76. The summed E-state index contributed by atoms with van der Waals surface area (Å²) < 4.78 is 4.72. The van der Waals surface area contributed by atoms with Crippen LogP contribution in [0.2, 0.25) is 0 Å². The molecule has 0 saturated carbocycles. The summed E-state index contributed by atoms with van der Waals surface area (Å²) in [7, 11) is 1.79. The quantitative estimate of drug-likeness (QED) is 0.782. The van der Waals surface area contributed by atoms with Crippen molar-refractivity contribution < 1.29 is 9.32 Å². The molecule has 1 aliphatic rings. The number of aromatic nitrogens is 1. The standard InChI is InChI=1S/C10H15N3O2/c1-13(7-8-4-6-15-12-8)10(14)9-3-2-5-11-9/h4,6,9,11H,2-3,5,7H2,1H3. The number of rotatable bonds is 3. The van der Waals surface area contributed by atoms with E-state index >= 15 is 0 Å². The van der Waals surface area contributed by atoms with E-state index < -0.39 is 0 Å². The Morgan fingerprint density at radius 3 is 3.27 bits per heavy atom. The third-order valence-corrected chi connectivity index (χ3v) is 2.63. The van der Waals surface area contributed by atoms with Gasteiger partial charge in [-0.2, -0.15) is 0 Å². The van der Waals surface area contributed by atoms with Gasteiger partial charge < -0.3 is 14.7 Å². The summed E-state index contributed by atoms with van der Waals surface area (Å²) in [6.45, 7) is 1.45. The Morgan fingerprint density at radius 1 is 1.80 bits per heavy atom. The summed E-state index contributed by atoms with van der Waals surface area (Å²) in [5.74, 6) is 0.135. The zero-order chi connectivity index (χ0) is 10.7. The average molecular weight is 209 g/mol. The highest BCUT2D eigenvalue weighted by Gasteiger charge is 2.25. The van der Waals surface area contributed by atoms with Gasteiger partial charge >= 0.3 is 0 Å². The molecule has 1 amide bonds. The largest absolute Gasteiger partial charge is 0.364 e. The van der Waals surface area contributed by atoms with Gasteiger partial charge in [-0.25, -0.2) is 0 Å². The predicted octanol–water partition coefficient (Wildman–Crippen LogP) is 0.385. The Kier molecular flexibility index (Phi) is 3.01. The Bertz CT molecular complexity index is 317. The maximum Gasteiger partial charge on any atom is 0.239 e. The molecule has 0 spiro atoms. The minimum absolute atomic E-state index is 0.0121. The summed E-state index contributed by atoms with van der Waals surface area (Å²) in [5.41, 5.74) is 0.781. The van der Waals surface area contributed by atoms with E-state index in [1.165, 1.54) is 6.26 Å². The lowest BCUT2D eigenvalue weighted by atomic mass is 10.2. The van der Waals surface area contributed by atoms with Crippen LogP contribution in [0.1, 0.15) is 18.5 Å². The number of carbonyl (C=O) groups excluding carboxylic acids is 1. The van der Waals surface area contributed by atoms with E-state index in [1.807, 2.05) is 0 Å². The van der Waals surface area contributed by atoms with Gasteiger partial charge in [0.25, 0.3) is 0 Å². The zero-order valence-corrected chi connectivity index (χ0v) is 8.77. The Morgan fingerprint density at radius 2 is 2.67 bits per heavy atom. The molecule has 1 unspecified atom stereocenters. The molecule has 0 radical (unpaired) electrons. The fourth-order valence-electron chi connectivity index (χ4n) is 1.80. The normalized spacial score (nSPS) is 20.5. The maximum atomic E-state index is 11.9. The molecule has 2 heterocycles. The van der Waals surface area contributed by atoms with Crippen molar-refractivity contribution in [2.24, 2.45) is 0 Å². The molecule has 1 aromatic rings. The first kappa shape index (κ1) is 10.2. The van der Waals surface area contributed by atoms with Crippen LogP contribution in [-0.2, 0) is 11.3 Å². The maximum absolute atomic E-state index is 11.9. The topological polar surface area (TPSA) is 58.4 Å². The number of nitrogens with zero attached hydrogens (tertiary/aromatic N) is 2. The first-order valence-electron chi connectivity index (χ1n) is 5.15. The van der Waals surface area contributed by atoms with Gasteiger partial charge in [0.05, 0.1) is 12.6 Å². The van der Waals surface area contributed by atoms with E-state index in [0.29, 0.717) is 6.54 Å². The van der Waals surface area contributed by atoms with Crippen LogP contribution in [0.15, 0.2) is 16.9 Å². The molecule has 5 heteroatoms. The summed E-state index contributed by atoms with van der Waals surface area (Å²) in [4.78, 5) is 13.6. The predicted molar refractivity (Wildman–Crippen MR) is 54.0 cm³/mol. The van der Waals surface area contributed by atoms with Gasteiger partial charge in [0.2, 0.25) is 5.91 Å². The van der Waals surface area contributed by atoms with Crippen molar-refractivity contribution in [3.63, 3.8) is 0 Å². The number of hydrogen-bond acceptors (Lipinski definition) is 4. The molecule has 1 aromatic heterocycles. The van der Waals surface area contributed by atoms with E-state index in [-0.39, 0.29) is 11.9 Å². The van der Waals surface area contributed by atoms with Crippen LogP contribution < -0.4 is 5.32 Å². The summed E-state index contributed by atoms with van der Waals surface area (Å²) in [5, 5.41) is 6.96. The van der Waals surface area contributed by atoms with Crippen LogP contribution in [0.3, 0.4) is 0 Å². The number of hydrogen-bond donors (Lipinski definition) is 1. The molecule has 0 aliphatic carbocycles. The smallest absolute Gasteiger partial charge is 0.239 e. The van der Waals surface area contributed by atoms with Gasteiger partial charge in [0, 0.05) is 13.1 Å². The van der Waals surface area contributed by atoms with Crippen molar-refractivity contribution >= 4 is 5.91 Å². The molecule has 1 fully saturated rings. The van der Waals surface area contributed by atoms with Crippen LogP contribution >= 0.6 is 0 Å². The molecule has 2 rings (SSSR count). The number of likely N-dealkylation sites (N-methyl/N-ethyl adjacent to an activating group) is 1. The van der Waals surface area contributed by atoms with Crippen LogP contribution in [-0.4, -0.2) is 35.6 Å². The molecular weight excluding hydrogens is 194 g/mol. The lowest BCUT2D eigenvalue weighted by Gasteiger charge is -2.19. The molecule has 1 N–H and O–H groups in total. The molecule has 1 saturated heterocycles. The molecular formula is C10H15N3O2. The van der Waals surface area contributed by atoms with Crippen molar-refractivity contribution in [3.8, 4) is 0 Å². The van der Waals surface area contributed by atoms with Crippen LogP contribution in [0, 0.1) is 0 Å². The Labute approximate surface area is 88.4 Å². The van der Waals surface area contributed by atoms with Gasteiger partial charge in [0.1, 0.15) is 12.0 Å². The minimum atomic E-state index is -0.0121. The molecule has 1 aliphatic heterocycles. The van der Waals surface area contributed by atoms with Crippen LogP contribution in [0.25, 0.3) is 0 Å². The Hall–Kier alpha value is -1.36. The molecule has 1 atom stereocenters. The second kappa shape index (κ2) is 4.44. The van der Waals surface area contributed by atoms with Gasteiger partial charge in [-0.3, -0.25) is 4.79 Å². The van der Waals surface area contributed by atoms with Gasteiger partial charge in [-0.05, 0) is 19.4 Å². The third kappa shape index (κ3) is 2.36. The Balaban J connectivity index is 1.89. The van der Waals surface area contributed by atoms with Gasteiger partial charge in [-0.15, -0.1) is 0 Å². The lowest BCUT2D eigenvalue weighted by molar-refractivity contribution is -0.132. The van der Waals surface area contributed by atoms with Crippen molar-refractivity contribution in [1.82, 2.24) is 15.4 Å². The van der Waals surface area contributed by atoms with Crippen molar-refractivity contribution in [1.29, 1.82) is 0 Å². The second-order valence-corrected chi connectivity index (χ2v) is 3.83. The number of nitrogens with one attached hydrogen (secondary N) is 1. The van der Waals surface area contributed by atoms with E-state index in [1.54, 1.807) is 18.0 Å². The molecule has 82 valence electrons. The van der Waals surface area contributed by atoms with Crippen LogP contribution in [0.5, 0.6) is 0 Å². The highest BCUT2D eigenvalue weighted by Crippen LogP contribution is 2.09.